The molecule has 0 N–H and O–H groups in total. The van der Waals surface area contributed by atoms with E-state index in [9.17, 15) is 5.26 Å². The SMILES string of the molecule is N#Cc1ccc(-c2ccc(Cl)cc2)nc1SCc1ccc(Cl)cc1. The van der Waals surface area contributed by atoms with Crippen molar-refractivity contribution in [3.8, 4) is 17.3 Å². The molecule has 1 heterocycles. The number of benzene rings is 2. The van der Waals surface area contributed by atoms with E-state index in [1.165, 1.54) is 11.8 Å². The third kappa shape index (κ3) is 4.10. The predicted molar refractivity (Wildman–Crippen MR) is 100 cm³/mol. The summed E-state index contributed by atoms with van der Waals surface area (Å²) in [6, 6.07) is 21.0. The number of hydrogen-bond acceptors (Lipinski definition) is 3. The van der Waals surface area contributed by atoms with Gasteiger partial charge in [-0.1, -0.05) is 47.5 Å². The lowest BCUT2D eigenvalue weighted by Gasteiger charge is -2.07. The second-order valence-electron chi connectivity index (χ2n) is 5.08. The Morgan fingerprint density at radius 2 is 1.50 bits per heavy atom. The van der Waals surface area contributed by atoms with Gasteiger partial charge in [0.2, 0.25) is 0 Å². The van der Waals surface area contributed by atoms with E-state index in [1.54, 1.807) is 6.07 Å². The van der Waals surface area contributed by atoms with Gasteiger partial charge in [-0.2, -0.15) is 5.26 Å². The normalized spacial score (nSPS) is 10.4. The Hall–Kier alpha value is -1.99. The number of pyridine rings is 1. The zero-order valence-corrected chi connectivity index (χ0v) is 14.9. The van der Waals surface area contributed by atoms with Crippen LogP contribution in [0.15, 0.2) is 65.7 Å². The molecule has 3 rings (SSSR count). The summed E-state index contributed by atoms with van der Waals surface area (Å²) in [5.41, 5.74) is 3.50. The van der Waals surface area contributed by atoms with Crippen LogP contribution < -0.4 is 0 Å². The second kappa shape index (κ2) is 7.72. The largest absolute Gasteiger partial charge is 0.240 e. The highest BCUT2D eigenvalue weighted by Gasteiger charge is 2.08. The molecule has 0 fully saturated rings. The van der Waals surface area contributed by atoms with E-state index in [0.717, 1.165) is 27.6 Å². The van der Waals surface area contributed by atoms with Gasteiger partial charge in [0.05, 0.1) is 11.3 Å². The molecule has 0 atom stereocenters. The first kappa shape index (κ1) is 16.9. The van der Waals surface area contributed by atoms with Crippen molar-refractivity contribution in [1.29, 1.82) is 5.26 Å². The Labute approximate surface area is 155 Å². The average molecular weight is 371 g/mol. The van der Waals surface area contributed by atoms with E-state index in [2.05, 4.69) is 11.1 Å². The number of halogens is 2. The van der Waals surface area contributed by atoms with Crippen LogP contribution in [0.4, 0.5) is 0 Å². The molecule has 1 aromatic heterocycles. The topological polar surface area (TPSA) is 36.7 Å². The number of hydrogen-bond donors (Lipinski definition) is 0. The number of nitrogens with zero attached hydrogens (tertiary/aromatic N) is 2. The van der Waals surface area contributed by atoms with Gasteiger partial charge >= 0.3 is 0 Å². The maximum absolute atomic E-state index is 9.31. The van der Waals surface area contributed by atoms with Crippen LogP contribution in [0, 0.1) is 11.3 Å². The maximum Gasteiger partial charge on any atom is 0.115 e. The highest BCUT2D eigenvalue weighted by Crippen LogP contribution is 2.28. The summed E-state index contributed by atoms with van der Waals surface area (Å²) >= 11 is 13.4. The molecular formula is C19H12Cl2N2S. The summed E-state index contributed by atoms with van der Waals surface area (Å²) in [4.78, 5) is 4.65. The van der Waals surface area contributed by atoms with E-state index < -0.39 is 0 Å². The number of aromatic nitrogens is 1. The first-order valence-corrected chi connectivity index (χ1v) is 8.94. The molecule has 0 saturated heterocycles. The molecule has 0 spiro atoms. The quantitative estimate of drug-likeness (QED) is 0.511. The van der Waals surface area contributed by atoms with Crippen LogP contribution in [0.3, 0.4) is 0 Å². The summed E-state index contributed by atoms with van der Waals surface area (Å²) in [7, 11) is 0. The smallest absolute Gasteiger partial charge is 0.115 e. The predicted octanol–water partition coefficient (Wildman–Crippen LogP) is 6.22. The molecule has 2 aromatic carbocycles. The molecule has 0 radical (unpaired) electrons. The van der Waals surface area contributed by atoms with Crippen LogP contribution in [-0.4, -0.2) is 4.98 Å². The van der Waals surface area contributed by atoms with Gasteiger partial charge in [0.1, 0.15) is 11.1 Å². The van der Waals surface area contributed by atoms with E-state index in [4.69, 9.17) is 23.2 Å². The third-order valence-electron chi connectivity index (χ3n) is 3.41. The Morgan fingerprint density at radius 3 is 2.12 bits per heavy atom. The molecule has 0 aliphatic heterocycles. The first-order valence-electron chi connectivity index (χ1n) is 7.20. The van der Waals surface area contributed by atoms with Crippen molar-refractivity contribution in [2.45, 2.75) is 10.8 Å². The molecule has 0 aliphatic rings. The Balaban J connectivity index is 1.85. The molecular weight excluding hydrogens is 359 g/mol. The van der Waals surface area contributed by atoms with Gasteiger partial charge < -0.3 is 0 Å². The maximum atomic E-state index is 9.31. The van der Waals surface area contributed by atoms with Crippen molar-refractivity contribution in [3.05, 3.63) is 81.8 Å². The third-order valence-corrected chi connectivity index (χ3v) is 4.98. The van der Waals surface area contributed by atoms with E-state index in [0.29, 0.717) is 15.6 Å². The van der Waals surface area contributed by atoms with Gasteiger partial charge in [-0.3, -0.25) is 0 Å². The van der Waals surface area contributed by atoms with Gasteiger partial charge in [-0.25, -0.2) is 4.98 Å². The minimum absolute atomic E-state index is 0.576. The monoisotopic (exact) mass is 370 g/mol. The fourth-order valence-electron chi connectivity index (χ4n) is 2.15. The minimum atomic E-state index is 0.576. The first-order chi connectivity index (χ1) is 11.7. The zero-order chi connectivity index (χ0) is 16.9. The van der Waals surface area contributed by atoms with Crippen LogP contribution in [-0.2, 0) is 5.75 Å². The molecule has 2 nitrogen and oxygen atoms in total. The van der Waals surface area contributed by atoms with Crippen molar-refractivity contribution >= 4 is 35.0 Å². The van der Waals surface area contributed by atoms with Crippen LogP contribution in [0.5, 0.6) is 0 Å². The minimum Gasteiger partial charge on any atom is -0.240 e. The molecule has 24 heavy (non-hydrogen) atoms. The number of thioether (sulfide) groups is 1. The van der Waals surface area contributed by atoms with Crippen molar-refractivity contribution in [2.75, 3.05) is 0 Å². The van der Waals surface area contributed by atoms with E-state index in [-0.39, 0.29) is 0 Å². The summed E-state index contributed by atoms with van der Waals surface area (Å²) in [5, 5.41) is 11.4. The van der Waals surface area contributed by atoms with Crippen molar-refractivity contribution in [2.24, 2.45) is 0 Å². The zero-order valence-electron chi connectivity index (χ0n) is 12.5. The summed E-state index contributed by atoms with van der Waals surface area (Å²) < 4.78 is 0. The van der Waals surface area contributed by atoms with Crippen LogP contribution in [0.1, 0.15) is 11.1 Å². The van der Waals surface area contributed by atoms with E-state index >= 15 is 0 Å². The number of nitriles is 1. The standard InChI is InChI=1S/C19H12Cl2N2S/c20-16-6-1-13(2-7-16)12-24-19-15(11-22)5-10-18(23-19)14-3-8-17(21)9-4-14/h1-10H,12H2. The van der Waals surface area contributed by atoms with Crippen LogP contribution in [0.25, 0.3) is 11.3 Å². The molecule has 3 aromatic rings. The molecule has 5 heteroatoms. The number of rotatable bonds is 4. The van der Waals surface area contributed by atoms with Crippen molar-refractivity contribution < 1.29 is 0 Å². The van der Waals surface area contributed by atoms with Crippen LogP contribution >= 0.6 is 35.0 Å². The van der Waals surface area contributed by atoms with Crippen molar-refractivity contribution in [3.63, 3.8) is 0 Å². The Bertz CT molecular complexity index is 885. The van der Waals surface area contributed by atoms with E-state index in [1.807, 2.05) is 54.6 Å². The molecule has 0 saturated carbocycles. The lowest BCUT2D eigenvalue weighted by atomic mass is 10.1. The fraction of sp³-hybridized carbons (Fsp3) is 0.0526. The van der Waals surface area contributed by atoms with Gasteiger partial charge in [-0.15, -0.1) is 11.8 Å². The van der Waals surface area contributed by atoms with Crippen molar-refractivity contribution in [1.82, 2.24) is 4.98 Å². The Morgan fingerprint density at radius 1 is 0.875 bits per heavy atom. The summed E-state index contributed by atoms with van der Waals surface area (Å²) in [5.74, 6) is 0.725. The van der Waals surface area contributed by atoms with Gasteiger partial charge in [0.15, 0.2) is 0 Å². The molecule has 118 valence electrons. The molecule has 0 unspecified atom stereocenters. The molecule has 0 amide bonds. The average Bonchev–Trinajstić information content (AvgIpc) is 2.61. The highest BCUT2D eigenvalue weighted by atomic mass is 35.5. The van der Waals surface area contributed by atoms with Crippen LogP contribution in [0.2, 0.25) is 10.0 Å². The lowest BCUT2D eigenvalue weighted by Crippen LogP contribution is -1.91. The summed E-state index contributed by atoms with van der Waals surface area (Å²) in [6.45, 7) is 0. The molecule has 0 bridgehead atoms. The van der Waals surface area contributed by atoms with Gasteiger partial charge in [-0.05, 0) is 42.0 Å². The fourth-order valence-corrected chi connectivity index (χ4v) is 3.33. The van der Waals surface area contributed by atoms with Gasteiger partial charge in [0, 0.05) is 21.4 Å². The lowest BCUT2D eigenvalue weighted by molar-refractivity contribution is 1.11. The Kier molecular flexibility index (Phi) is 5.42. The second-order valence-corrected chi connectivity index (χ2v) is 6.92. The molecule has 0 aliphatic carbocycles. The van der Waals surface area contributed by atoms with Gasteiger partial charge in [0.25, 0.3) is 0 Å². The summed E-state index contributed by atoms with van der Waals surface area (Å²) in [6.07, 6.45) is 0. The highest BCUT2D eigenvalue weighted by molar-refractivity contribution is 7.98.